The third-order valence-electron chi connectivity index (χ3n) is 7.89. The number of pyridine rings is 1. The largest absolute Gasteiger partial charge is 0.332 e. The second kappa shape index (κ2) is 8.67. The number of urea groups is 2. The Kier molecular flexibility index (Phi) is 5.10. The summed E-state index contributed by atoms with van der Waals surface area (Å²) in [5.41, 5.74) is 3.77. The van der Waals surface area contributed by atoms with Crippen LogP contribution in [0.5, 0.6) is 0 Å². The highest BCUT2D eigenvalue weighted by Crippen LogP contribution is 2.44. The fourth-order valence-corrected chi connectivity index (χ4v) is 6.20. The van der Waals surface area contributed by atoms with Gasteiger partial charge >= 0.3 is 12.1 Å². The monoisotopic (exact) mass is 514 g/mol. The van der Waals surface area contributed by atoms with Crippen molar-refractivity contribution < 1.29 is 14.4 Å². The molecule has 0 aliphatic carbocycles. The summed E-state index contributed by atoms with van der Waals surface area (Å²) >= 11 is 0. The molecule has 5 amide bonds. The number of fused-ring (bicyclic) bond motifs is 6. The Morgan fingerprint density at radius 3 is 2.59 bits per heavy atom. The van der Waals surface area contributed by atoms with E-state index >= 15 is 0 Å². The van der Waals surface area contributed by atoms with Crippen LogP contribution < -0.4 is 10.2 Å². The maximum Gasteiger partial charge on any atom is 0.332 e. The van der Waals surface area contributed by atoms with E-state index in [1.807, 2.05) is 54.6 Å². The number of para-hydroxylation sites is 1. The predicted octanol–water partition coefficient (Wildman–Crippen LogP) is 4.60. The Bertz CT molecular complexity index is 1720. The molecule has 2 bridgehead atoms. The highest BCUT2D eigenvalue weighted by atomic mass is 16.2. The van der Waals surface area contributed by atoms with Gasteiger partial charge < -0.3 is 15.1 Å². The maximum atomic E-state index is 13.8. The van der Waals surface area contributed by atoms with Crippen molar-refractivity contribution in [2.45, 2.75) is 24.5 Å². The number of aromatic nitrogens is 1. The van der Waals surface area contributed by atoms with Crippen LogP contribution in [-0.2, 0) is 4.79 Å². The molecular formula is C30H22N6O3. The van der Waals surface area contributed by atoms with Gasteiger partial charge in [0.05, 0.1) is 34.5 Å². The zero-order chi connectivity index (χ0) is 26.7. The number of piperazine rings is 1. The van der Waals surface area contributed by atoms with Crippen LogP contribution in [-0.4, -0.2) is 57.4 Å². The number of benzene rings is 3. The van der Waals surface area contributed by atoms with Gasteiger partial charge in [0.1, 0.15) is 12.1 Å². The van der Waals surface area contributed by atoms with E-state index in [0.29, 0.717) is 40.8 Å². The van der Waals surface area contributed by atoms with Crippen LogP contribution in [0, 0.1) is 11.3 Å². The second-order valence-electron chi connectivity index (χ2n) is 9.90. The molecule has 3 aromatic carbocycles. The van der Waals surface area contributed by atoms with E-state index in [-0.39, 0.29) is 18.0 Å². The van der Waals surface area contributed by atoms with Crippen molar-refractivity contribution in [2.75, 3.05) is 16.8 Å². The van der Waals surface area contributed by atoms with Crippen LogP contribution in [0.2, 0.25) is 0 Å². The van der Waals surface area contributed by atoms with E-state index in [2.05, 4.69) is 16.4 Å². The first-order valence-electron chi connectivity index (χ1n) is 12.7. The first-order chi connectivity index (χ1) is 19.1. The number of amides is 5. The predicted molar refractivity (Wildman–Crippen MR) is 145 cm³/mol. The number of rotatable bonds is 3. The van der Waals surface area contributed by atoms with Gasteiger partial charge in [-0.25, -0.2) is 14.5 Å². The summed E-state index contributed by atoms with van der Waals surface area (Å²) in [6, 6.07) is 24.1. The number of hydrogen-bond donors (Lipinski definition) is 1. The number of nitriles is 1. The molecule has 1 N–H and O–H groups in total. The number of imide groups is 1. The smallest absolute Gasteiger partial charge is 0.317 e. The van der Waals surface area contributed by atoms with Crippen LogP contribution in [0.3, 0.4) is 0 Å². The molecule has 39 heavy (non-hydrogen) atoms. The molecule has 1 aromatic heterocycles. The molecule has 2 unspecified atom stereocenters. The standard InChI is InChI=1S/C30H22N6O3/c31-16-19-12-13-24(22-10-6-14-32-26(19)22)36-28(37)27-25-15-20(35(27)30(36)39)17-34(25)29(38)33-23-11-5-4-9-21(23)18-7-2-1-3-8-18/h1-14,20,25,27H,15,17H2,(H,33,38)/t20-,25?,27?/m1/s1. The molecule has 7 rings (SSSR count). The first kappa shape index (κ1) is 22.9. The number of carbonyl (C=O) groups excluding carboxylic acids is 3. The van der Waals surface area contributed by atoms with Crippen molar-refractivity contribution in [3.8, 4) is 17.2 Å². The number of hydrogen-bond acceptors (Lipinski definition) is 5. The molecule has 4 aromatic rings. The van der Waals surface area contributed by atoms with Gasteiger partial charge in [-0.3, -0.25) is 9.78 Å². The number of nitrogens with zero attached hydrogens (tertiary/aromatic N) is 5. The summed E-state index contributed by atoms with van der Waals surface area (Å²) in [5, 5.41) is 13.1. The van der Waals surface area contributed by atoms with Crippen molar-refractivity contribution >= 4 is 40.2 Å². The van der Waals surface area contributed by atoms with Gasteiger partial charge in [0.25, 0.3) is 5.91 Å². The van der Waals surface area contributed by atoms with Gasteiger partial charge in [-0.1, -0.05) is 48.5 Å². The van der Waals surface area contributed by atoms with Crippen LogP contribution >= 0.6 is 0 Å². The zero-order valence-electron chi connectivity index (χ0n) is 20.7. The summed E-state index contributed by atoms with van der Waals surface area (Å²) < 4.78 is 0. The topological polar surface area (TPSA) is 110 Å². The van der Waals surface area contributed by atoms with Crippen LogP contribution in [0.15, 0.2) is 85.1 Å². The van der Waals surface area contributed by atoms with Crippen molar-refractivity contribution in [1.29, 1.82) is 5.26 Å². The van der Waals surface area contributed by atoms with E-state index < -0.39 is 18.1 Å². The zero-order valence-corrected chi connectivity index (χ0v) is 20.7. The number of nitrogens with one attached hydrogen (secondary N) is 1. The minimum atomic E-state index is -0.756. The van der Waals surface area contributed by atoms with Gasteiger partial charge in [0.15, 0.2) is 0 Å². The summed E-state index contributed by atoms with van der Waals surface area (Å²) in [5.74, 6) is -0.371. The lowest BCUT2D eigenvalue weighted by Gasteiger charge is -2.35. The number of carbonyl (C=O) groups is 3. The summed E-state index contributed by atoms with van der Waals surface area (Å²) in [7, 11) is 0. The Labute approximate surface area is 223 Å². The van der Waals surface area contributed by atoms with Crippen LogP contribution in [0.4, 0.5) is 21.0 Å². The van der Waals surface area contributed by atoms with E-state index in [4.69, 9.17) is 0 Å². The Morgan fingerprint density at radius 2 is 1.77 bits per heavy atom. The molecule has 3 saturated heterocycles. The average Bonchev–Trinajstić information content (AvgIpc) is 3.64. The molecule has 0 radical (unpaired) electrons. The second-order valence-corrected chi connectivity index (χ2v) is 9.90. The third-order valence-corrected chi connectivity index (χ3v) is 7.89. The summed E-state index contributed by atoms with van der Waals surface area (Å²) in [6.45, 7) is 0.350. The van der Waals surface area contributed by atoms with E-state index in [1.54, 1.807) is 40.3 Å². The summed E-state index contributed by atoms with van der Waals surface area (Å²) in [6.07, 6.45) is 2.13. The number of likely N-dealkylation sites (tertiary alicyclic amines) is 1. The highest BCUT2D eigenvalue weighted by molar-refractivity contribution is 6.25. The maximum absolute atomic E-state index is 13.8. The van der Waals surface area contributed by atoms with Crippen molar-refractivity contribution in [3.05, 3.63) is 90.6 Å². The molecular weight excluding hydrogens is 492 g/mol. The normalized spacial score (nSPS) is 21.4. The number of anilines is 2. The SMILES string of the molecule is N#Cc1ccc(N2C(=O)C3C4C[C@H](CN4C(=O)Nc4ccccc4-c4ccccc4)N3C2=O)c2cccnc12. The average molecular weight is 515 g/mol. The minimum Gasteiger partial charge on any atom is -0.317 e. The molecule has 4 heterocycles. The highest BCUT2D eigenvalue weighted by Gasteiger charge is 2.63. The van der Waals surface area contributed by atoms with E-state index in [1.165, 1.54) is 4.90 Å². The van der Waals surface area contributed by atoms with E-state index in [0.717, 1.165) is 11.1 Å². The van der Waals surface area contributed by atoms with Gasteiger partial charge in [-0.15, -0.1) is 0 Å². The summed E-state index contributed by atoms with van der Waals surface area (Å²) in [4.78, 5) is 49.7. The van der Waals surface area contributed by atoms with Crippen LogP contribution in [0.1, 0.15) is 12.0 Å². The Balaban J connectivity index is 1.18. The molecule has 3 fully saturated rings. The lowest BCUT2D eigenvalue weighted by atomic mass is 10.0. The minimum absolute atomic E-state index is 0.251. The van der Waals surface area contributed by atoms with Gasteiger partial charge in [-0.05, 0) is 42.3 Å². The first-order valence-corrected chi connectivity index (χ1v) is 12.7. The van der Waals surface area contributed by atoms with Crippen molar-refractivity contribution in [3.63, 3.8) is 0 Å². The van der Waals surface area contributed by atoms with Crippen LogP contribution in [0.25, 0.3) is 22.0 Å². The lowest BCUT2D eigenvalue weighted by molar-refractivity contribution is -0.120. The van der Waals surface area contributed by atoms with E-state index in [9.17, 15) is 19.6 Å². The fourth-order valence-electron chi connectivity index (χ4n) is 6.20. The molecule has 3 atom stereocenters. The molecule has 0 spiro atoms. The quantitative estimate of drug-likeness (QED) is 0.402. The molecule has 3 aliphatic heterocycles. The molecule has 190 valence electrons. The van der Waals surface area contributed by atoms with Crippen molar-refractivity contribution in [1.82, 2.24) is 14.8 Å². The fraction of sp³-hybridized carbons (Fsp3) is 0.167. The van der Waals surface area contributed by atoms with Gasteiger partial charge in [0.2, 0.25) is 0 Å². The molecule has 0 saturated carbocycles. The Hall–Kier alpha value is -5.23. The van der Waals surface area contributed by atoms with Gasteiger partial charge in [-0.2, -0.15) is 5.26 Å². The molecule has 3 aliphatic rings. The van der Waals surface area contributed by atoms with Crippen molar-refractivity contribution in [2.24, 2.45) is 0 Å². The van der Waals surface area contributed by atoms with Gasteiger partial charge in [0, 0.05) is 23.7 Å². The molecule has 9 heteroatoms. The molecule has 9 nitrogen and oxygen atoms in total. The third kappa shape index (κ3) is 3.38. The Morgan fingerprint density at radius 1 is 0.974 bits per heavy atom. The lowest BCUT2D eigenvalue weighted by Crippen LogP contribution is -2.55.